The van der Waals surface area contributed by atoms with Crippen LogP contribution in [0.2, 0.25) is 0 Å². The molecule has 3 nitrogen and oxygen atoms in total. The smallest absolute Gasteiger partial charge is 0.196 e. The molecule has 0 aliphatic carbocycles. The lowest BCUT2D eigenvalue weighted by Gasteiger charge is -2.04. The molecular weight excluding hydrogens is 400 g/mol. The van der Waals surface area contributed by atoms with Gasteiger partial charge in [-0.3, -0.25) is 4.79 Å². The molecule has 2 aromatic carbocycles. The molecule has 3 rings (SSSR count). The van der Waals surface area contributed by atoms with Crippen molar-refractivity contribution in [2.24, 2.45) is 0 Å². The van der Waals surface area contributed by atoms with Crippen LogP contribution in [-0.4, -0.2) is 10.9 Å². The highest BCUT2D eigenvalue weighted by Crippen LogP contribution is 2.41. The number of hydrogen-bond acceptors (Lipinski definition) is 3. The summed E-state index contributed by atoms with van der Waals surface area (Å²) in [4.78, 5) is 12.6. The minimum absolute atomic E-state index is 0.0434. The van der Waals surface area contributed by atoms with Crippen LogP contribution in [0.3, 0.4) is 0 Å². The van der Waals surface area contributed by atoms with Crippen molar-refractivity contribution < 1.29 is 14.3 Å². The van der Waals surface area contributed by atoms with Crippen LogP contribution in [0, 0.1) is 6.92 Å². The van der Waals surface area contributed by atoms with Gasteiger partial charge in [0.25, 0.3) is 0 Å². The molecule has 21 heavy (non-hydrogen) atoms. The Hall–Kier alpha value is -1.59. The van der Waals surface area contributed by atoms with Crippen molar-refractivity contribution in [3.05, 3.63) is 62.2 Å². The summed E-state index contributed by atoms with van der Waals surface area (Å²) in [7, 11) is 0. The number of benzene rings is 2. The average molecular weight is 410 g/mol. The average Bonchev–Trinajstić information content (AvgIpc) is 2.88. The van der Waals surface area contributed by atoms with Gasteiger partial charge in [0.15, 0.2) is 5.78 Å². The maximum Gasteiger partial charge on any atom is 0.196 e. The van der Waals surface area contributed by atoms with Gasteiger partial charge in [-0.25, -0.2) is 0 Å². The van der Waals surface area contributed by atoms with E-state index in [2.05, 4.69) is 31.9 Å². The molecule has 5 heteroatoms. The van der Waals surface area contributed by atoms with E-state index >= 15 is 0 Å². The highest BCUT2D eigenvalue weighted by molar-refractivity contribution is 9.11. The zero-order valence-corrected chi connectivity index (χ0v) is 14.2. The Kier molecular flexibility index (Phi) is 3.63. The molecule has 0 aliphatic heterocycles. The lowest BCUT2D eigenvalue weighted by atomic mass is 10.0. The quantitative estimate of drug-likeness (QED) is 0.591. The summed E-state index contributed by atoms with van der Waals surface area (Å²) < 4.78 is 6.39. The molecule has 0 radical (unpaired) electrons. The van der Waals surface area contributed by atoms with Crippen LogP contribution in [0.15, 0.2) is 50.0 Å². The highest BCUT2D eigenvalue weighted by Gasteiger charge is 2.21. The third-order valence-corrected chi connectivity index (χ3v) is 4.67. The number of carbonyl (C=O) groups is 1. The van der Waals surface area contributed by atoms with E-state index in [1.54, 1.807) is 18.2 Å². The summed E-state index contributed by atoms with van der Waals surface area (Å²) in [6.07, 6.45) is 1.42. The monoisotopic (exact) mass is 408 g/mol. The predicted octanol–water partition coefficient (Wildman–Crippen LogP) is 5.20. The zero-order valence-electron chi connectivity index (χ0n) is 11.0. The van der Waals surface area contributed by atoms with Crippen LogP contribution in [-0.2, 0) is 0 Å². The van der Waals surface area contributed by atoms with Crippen LogP contribution >= 0.6 is 31.9 Å². The summed E-state index contributed by atoms with van der Waals surface area (Å²) >= 11 is 6.56. The maximum absolute atomic E-state index is 12.6. The predicted molar refractivity (Wildman–Crippen MR) is 87.9 cm³/mol. The van der Waals surface area contributed by atoms with Crippen LogP contribution in [0.4, 0.5) is 0 Å². The van der Waals surface area contributed by atoms with Gasteiger partial charge in [-0.2, -0.15) is 0 Å². The Bertz CT molecular complexity index is 848. The number of aromatic hydroxyl groups is 1. The van der Waals surface area contributed by atoms with Crippen molar-refractivity contribution in [2.75, 3.05) is 0 Å². The normalized spacial score (nSPS) is 11.0. The van der Waals surface area contributed by atoms with Gasteiger partial charge in [-0.15, -0.1) is 0 Å². The molecule has 1 aromatic heterocycles. The van der Waals surface area contributed by atoms with Crippen molar-refractivity contribution in [3.63, 3.8) is 0 Å². The number of carbonyl (C=O) groups excluding carboxylic acids is 1. The summed E-state index contributed by atoms with van der Waals surface area (Å²) in [5, 5.41) is 10.6. The number of halogens is 2. The van der Waals surface area contributed by atoms with Crippen molar-refractivity contribution in [3.8, 4) is 5.75 Å². The largest absolute Gasteiger partial charge is 0.506 e. The molecule has 3 aromatic rings. The first-order valence-corrected chi connectivity index (χ1v) is 7.77. The summed E-state index contributed by atoms with van der Waals surface area (Å²) in [5.74, 6) is -0.0990. The molecule has 0 fully saturated rings. The molecule has 0 amide bonds. The van der Waals surface area contributed by atoms with Crippen LogP contribution in [0.25, 0.3) is 11.0 Å². The van der Waals surface area contributed by atoms with Crippen molar-refractivity contribution in [1.82, 2.24) is 0 Å². The molecule has 106 valence electrons. The minimum atomic E-state index is -0.142. The Balaban J connectivity index is 2.19. The van der Waals surface area contributed by atoms with E-state index in [-0.39, 0.29) is 11.5 Å². The van der Waals surface area contributed by atoms with Crippen molar-refractivity contribution in [1.29, 1.82) is 0 Å². The number of phenolic OH excluding ortho intramolecular Hbond substituents is 1. The molecule has 0 bridgehead atoms. The molecule has 1 N–H and O–H groups in total. The molecule has 1 heterocycles. The molecule has 0 unspecified atom stereocenters. The number of fused-ring (bicyclic) bond motifs is 1. The fraction of sp³-hybridized carbons (Fsp3) is 0.0625. The van der Waals surface area contributed by atoms with E-state index in [0.29, 0.717) is 31.0 Å². The highest BCUT2D eigenvalue weighted by atomic mass is 79.9. The Morgan fingerprint density at radius 3 is 2.52 bits per heavy atom. The molecule has 0 spiro atoms. The topological polar surface area (TPSA) is 50.4 Å². The van der Waals surface area contributed by atoms with Gasteiger partial charge in [-0.1, -0.05) is 29.8 Å². The number of hydrogen-bond donors (Lipinski definition) is 1. The molecular formula is C16H10Br2O3. The van der Waals surface area contributed by atoms with Gasteiger partial charge < -0.3 is 9.52 Å². The van der Waals surface area contributed by atoms with E-state index in [4.69, 9.17) is 4.42 Å². The van der Waals surface area contributed by atoms with E-state index in [1.165, 1.54) is 6.26 Å². The molecule has 0 saturated heterocycles. The second-order valence-electron chi connectivity index (χ2n) is 4.74. The number of ketones is 1. The van der Waals surface area contributed by atoms with Crippen LogP contribution < -0.4 is 0 Å². The fourth-order valence-electron chi connectivity index (χ4n) is 2.14. The summed E-state index contributed by atoms with van der Waals surface area (Å²) in [6, 6.07) is 8.98. The Morgan fingerprint density at radius 2 is 1.86 bits per heavy atom. The summed E-state index contributed by atoms with van der Waals surface area (Å²) in [6.45, 7) is 1.97. The standard InChI is InChI=1S/C16H10Br2O3/c1-8-2-4-9(5-3-8)15(19)10-7-21-12-6-11(17)16(20)14(18)13(10)12/h2-7,20H,1H3. The van der Waals surface area contributed by atoms with Gasteiger partial charge in [-0.05, 0) is 44.8 Å². The van der Waals surface area contributed by atoms with Gasteiger partial charge in [0, 0.05) is 10.9 Å². The number of furan rings is 1. The van der Waals surface area contributed by atoms with E-state index in [0.717, 1.165) is 5.56 Å². The van der Waals surface area contributed by atoms with E-state index < -0.39 is 0 Å². The lowest BCUT2D eigenvalue weighted by molar-refractivity contribution is 0.103. The Labute approximate surface area is 137 Å². The zero-order chi connectivity index (χ0) is 15.1. The molecule has 0 aliphatic rings. The van der Waals surface area contributed by atoms with Gasteiger partial charge in [0.2, 0.25) is 0 Å². The van der Waals surface area contributed by atoms with Gasteiger partial charge in [0.05, 0.1) is 14.5 Å². The third kappa shape index (κ3) is 2.40. The second-order valence-corrected chi connectivity index (χ2v) is 6.39. The second kappa shape index (κ2) is 5.31. The third-order valence-electron chi connectivity index (χ3n) is 3.29. The van der Waals surface area contributed by atoms with Crippen molar-refractivity contribution >= 4 is 48.6 Å². The minimum Gasteiger partial charge on any atom is -0.506 e. The van der Waals surface area contributed by atoms with E-state index in [9.17, 15) is 9.90 Å². The molecule has 0 atom stereocenters. The summed E-state index contributed by atoms with van der Waals surface area (Å²) in [5.41, 5.74) is 2.62. The first-order chi connectivity index (χ1) is 9.99. The van der Waals surface area contributed by atoms with Gasteiger partial charge >= 0.3 is 0 Å². The fourth-order valence-corrected chi connectivity index (χ4v) is 3.43. The SMILES string of the molecule is Cc1ccc(C(=O)c2coc3cc(Br)c(O)c(Br)c23)cc1. The maximum atomic E-state index is 12.6. The molecule has 0 saturated carbocycles. The van der Waals surface area contributed by atoms with Crippen LogP contribution in [0.5, 0.6) is 5.75 Å². The van der Waals surface area contributed by atoms with E-state index in [1.807, 2.05) is 19.1 Å². The first kappa shape index (κ1) is 14.4. The Morgan fingerprint density at radius 1 is 1.19 bits per heavy atom. The number of rotatable bonds is 2. The first-order valence-electron chi connectivity index (χ1n) is 6.18. The van der Waals surface area contributed by atoms with Crippen LogP contribution in [0.1, 0.15) is 21.5 Å². The number of phenols is 1. The van der Waals surface area contributed by atoms with Gasteiger partial charge in [0.1, 0.15) is 17.6 Å². The lowest BCUT2D eigenvalue weighted by Crippen LogP contribution is -2.00. The number of aryl methyl sites for hydroxylation is 1. The van der Waals surface area contributed by atoms with Crippen molar-refractivity contribution in [2.45, 2.75) is 6.92 Å².